The van der Waals surface area contributed by atoms with Gasteiger partial charge in [-0.2, -0.15) is 0 Å². The molecule has 92 valence electrons. The highest BCUT2D eigenvalue weighted by Gasteiger charge is 2.10. The van der Waals surface area contributed by atoms with Crippen LogP contribution in [0.4, 0.5) is 0 Å². The van der Waals surface area contributed by atoms with Gasteiger partial charge in [-0.25, -0.2) is 0 Å². The molecule has 0 fully saturated rings. The third kappa shape index (κ3) is 4.85. The fourth-order valence-electron chi connectivity index (χ4n) is 1.42. The van der Waals surface area contributed by atoms with Crippen molar-refractivity contribution in [2.75, 3.05) is 13.2 Å². The Morgan fingerprint density at radius 3 is 2.12 bits per heavy atom. The van der Waals surface area contributed by atoms with E-state index in [2.05, 4.69) is 30.8 Å². The zero-order valence-electron chi connectivity index (χ0n) is 10.8. The lowest BCUT2D eigenvalue weighted by Gasteiger charge is -2.16. The Labute approximate surface area is 106 Å². The summed E-state index contributed by atoms with van der Waals surface area (Å²) in [5.74, 6) is -0.110. The van der Waals surface area contributed by atoms with Gasteiger partial charge >= 0.3 is 0 Å². The van der Waals surface area contributed by atoms with Crippen molar-refractivity contribution < 1.29 is 9.47 Å². The van der Waals surface area contributed by atoms with Crippen LogP contribution in [0, 0.1) is 0 Å². The molecule has 0 atom stereocenters. The molecule has 0 aliphatic carbocycles. The largest absolute Gasteiger partial charge is 0.357 e. The first-order chi connectivity index (χ1) is 8.17. The molecule has 0 saturated heterocycles. The van der Waals surface area contributed by atoms with Crippen molar-refractivity contribution in [1.29, 1.82) is 0 Å². The fraction of sp³-hybridized carbons (Fsp3) is 0.429. The van der Waals surface area contributed by atoms with Crippen molar-refractivity contribution in [3.63, 3.8) is 0 Å². The molecule has 0 amide bonds. The summed E-state index contributed by atoms with van der Waals surface area (Å²) >= 11 is 0. The summed E-state index contributed by atoms with van der Waals surface area (Å²) in [7, 11) is 0.525. The summed E-state index contributed by atoms with van der Waals surface area (Å²) in [6, 6.07) is 8.43. The maximum atomic E-state index is 5.54. The van der Waals surface area contributed by atoms with Gasteiger partial charge < -0.3 is 9.47 Å². The minimum absolute atomic E-state index is 0.110. The Balaban J connectivity index is 2.62. The van der Waals surface area contributed by atoms with E-state index in [-0.39, 0.29) is 5.91 Å². The lowest BCUT2D eigenvalue weighted by Crippen LogP contribution is -2.33. The Hall–Kier alpha value is -0.903. The molecule has 0 aliphatic rings. The second kappa shape index (κ2) is 7.43. The zero-order valence-corrected chi connectivity index (χ0v) is 11.8. The molecule has 0 heterocycles. The average Bonchev–Trinajstić information content (AvgIpc) is 2.30. The SMILES string of the molecule is C=C(C)c1ccc([Si]C(OCC)OCC)cc1. The van der Waals surface area contributed by atoms with Gasteiger partial charge in [0, 0.05) is 13.2 Å². The summed E-state index contributed by atoms with van der Waals surface area (Å²) in [4.78, 5) is 0. The van der Waals surface area contributed by atoms with E-state index in [4.69, 9.17) is 9.47 Å². The van der Waals surface area contributed by atoms with Crippen LogP contribution in [-0.4, -0.2) is 28.6 Å². The van der Waals surface area contributed by atoms with Gasteiger partial charge in [0.15, 0.2) is 9.52 Å². The number of hydrogen-bond acceptors (Lipinski definition) is 2. The zero-order chi connectivity index (χ0) is 12.7. The highest BCUT2D eigenvalue weighted by molar-refractivity contribution is 6.54. The van der Waals surface area contributed by atoms with E-state index < -0.39 is 0 Å². The summed E-state index contributed by atoms with van der Waals surface area (Å²) in [5.41, 5.74) is 2.27. The van der Waals surface area contributed by atoms with Crippen LogP contribution in [0.1, 0.15) is 26.3 Å². The quantitative estimate of drug-likeness (QED) is 0.545. The molecular weight excluding hydrogens is 228 g/mol. The molecule has 1 aromatic rings. The molecule has 2 radical (unpaired) electrons. The molecule has 2 nitrogen and oxygen atoms in total. The van der Waals surface area contributed by atoms with Gasteiger partial charge in [0.2, 0.25) is 0 Å². The van der Waals surface area contributed by atoms with E-state index in [0.29, 0.717) is 22.7 Å². The van der Waals surface area contributed by atoms with Crippen LogP contribution in [0.15, 0.2) is 30.8 Å². The molecule has 0 aliphatic heterocycles. The van der Waals surface area contributed by atoms with E-state index in [1.54, 1.807) is 0 Å². The number of rotatable bonds is 7. The Kier molecular flexibility index (Phi) is 6.19. The van der Waals surface area contributed by atoms with Crippen LogP contribution in [0.2, 0.25) is 0 Å². The van der Waals surface area contributed by atoms with Gasteiger partial charge in [0.05, 0.1) is 0 Å². The summed E-state index contributed by atoms with van der Waals surface area (Å²) in [6.07, 6.45) is 0. The van der Waals surface area contributed by atoms with E-state index >= 15 is 0 Å². The van der Waals surface area contributed by atoms with Crippen LogP contribution in [0.25, 0.3) is 5.57 Å². The van der Waals surface area contributed by atoms with E-state index in [0.717, 1.165) is 5.57 Å². The highest BCUT2D eigenvalue weighted by atomic mass is 28.2. The van der Waals surface area contributed by atoms with Crippen LogP contribution in [0.5, 0.6) is 0 Å². The molecular formula is C14H20O2Si. The highest BCUT2D eigenvalue weighted by Crippen LogP contribution is 2.08. The Morgan fingerprint density at radius 2 is 1.71 bits per heavy atom. The lowest BCUT2D eigenvalue weighted by atomic mass is 10.1. The van der Waals surface area contributed by atoms with Crippen molar-refractivity contribution in [2.24, 2.45) is 0 Å². The molecule has 0 saturated carbocycles. The van der Waals surface area contributed by atoms with Crippen LogP contribution >= 0.6 is 0 Å². The molecule has 0 N–H and O–H groups in total. The van der Waals surface area contributed by atoms with Crippen LogP contribution in [0.3, 0.4) is 0 Å². The first-order valence-electron chi connectivity index (χ1n) is 5.93. The molecule has 1 rings (SSSR count). The second-order valence-electron chi connectivity index (χ2n) is 3.74. The Bertz CT molecular complexity index is 340. The van der Waals surface area contributed by atoms with E-state index in [9.17, 15) is 0 Å². The number of allylic oxidation sites excluding steroid dienone is 1. The summed E-state index contributed by atoms with van der Waals surface area (Å²) in [6.45, 7) is 11.3. The lowest BCUT2D eigenvalue weighted by molar-refractivity contribution is -0.0817. The third-order valence-corrected chi connectivity index (χ3v) is 3.53. The van der Waals surface area contributed by atoms with Gasteiger partial charge in [-0.05, 0) is 26.3 Å². The average molecular weight is 248 g/mol. The monoisotopic (exact) mass is 248 g/mol. The maximum Gasteiger partial charge on any atom is 0.157 e. The van der Waals surface area contributed by atoms with Crippen molar-refractivity contribution in [1.82, 2.24) is 0 Å². The van der Waals surface area contributed by atoms with Crippen molar-refractivity contribution in [2.45, 2.75) is 26.7 Å². The van der Waals surface area contributed by atoms with Crippen LogP contribution in [-0.2, 0) is 9.47 Å². The molecule has 0 unspecified atom stereocenters. The first-order valence-corrected chi connectivity index (χ1v) is 7.00. The van der Waals surface area contributed by atoms with Gasteiger partial charge in [0.25, 0.3) is 0 Å². The smallest absolute Gasteiger partial charge is 0.157 e. The normalized spacial score (nSPS) is 10.8. The predicted molar refractivity (Wildman–Crippen MR) is 73.6 cm³/mol. The minimum atomic E-state index is -0.110. The summed E-state index contributed by atoms with van der Waals surface area (Å²) in [5, 5.41) is 1.25. The van der Waals surface area contributed by atoms with E-state index in [1.165, 1.54) is 10.8 Å². The number of benzene rings is 1. The van der Waals surface area contributed by atoms with E-state index in [1.807, 2.05) is 20.8 Å². The predicted octanol–water partition coefficient (Wildman–Crippen LogP) is 2.41. The summed E-state index contributed by atoms with van der Waals surface area (Å²) < 4.78 is 11.1. The van der Waals surface area contributed by atoms with Gasteiger partial charge in [0.1, 0.15) is 5.91 Å². The number of hydrogen-bond donors (Lipinski definition) is 0. The van der Waals surface area contributed by atoms with Crippen molar-refractivity contribution in [3.05, 3.63) is 36.4 Å². The molecule has 0 spiro atoms. The van der Waals surface area contributed by atoms with Gasteiger partial charge in [-0.3, -0.25) is 0 Å². The Morgan fingerprint density at radius 1 is 1.18 bits per heavy atom. The standard InChI is InChI=1S/C14H20O2Si/c1-5-15-14(16-6-2)17-13-9-7-12(8-10-13)11(3)4/h7-10,14H,3,5-6H2,1-2,4H3. The fourth-order valence-corrected chi connectivity index (χ4v) is 2.55. The van der Waals surface area contributed by atoms with Crippen molar-refractivity contribution >= 4 is 20.3 Å². The van der Waals surface area contributed by atoms with Crippen LogP contribution < -0.4 is 5.19 Å². The molecule has 0 bridgehead atoms. The molecule has 3 heteroatoms. The molecule has 1 aromatic carbocycles. The first kappa shape index (κ1) is 14.2. The molecule has 0 aromatic heterocycles. The number of ether oxygens (including phenoxy) is 2. The maximum absolute atomic E-state index is 5.54. The van der Waals surface area contributed by atoms with Crippen molar-refractivity contribution in [3.8, 4) is 0 Å². The van der Waals surface area contributed by atoms with Gasteiger partial charge in [-0.1, -0.05) is 41.6 Å². The van der Waals surface area contributed by atoms with Gasteiger partial charge in [-0.15, -0.1) is 0 Å². The third-order valence-electron chi connectivity index (χ3n) is 2.30. The topological polar surface area (TPSA) is 18.5 Å². The second-order valence-corrected chi connectivity index (χ2v) is 5.08. The molecule has 17 heavy (non-hydrogen) atoms. The minimum Gasteiger partial charge on any atom is -0.357 e.